The lowest BCUT2D eigenvalue weighted by Gasteiger charge is -2.14. The molecule has 0 saturated heterocycles. The van der Waals surface area contributed by atoms with Crippen molar-refractivity contribution in [2.75, 3.05) is 11.1 Å². The first kappa shape index (κ1) is 14.2. The molecule has 0 aliphatic carbocycles. The van der Waals surface area contributed by atoms with Gasteiger partial charge in [-0.2, -0.15) is 5.10 Å². The summed E-state index contributed by atoms with van der Waals surface area (Å²) in [5.41, 5.74) is 6.23. The molecule has 20 heavy (non-hydrogen) atoms. The van der Waals surface area contributed by atoms with E-state index in [-0.39, 0.29) is 11.9 Å². The molecule has 0 unspecified atom stereocenters. The number of nitrogens with zero attached hydrogens (tertiary/aromatic N) is 2. The number of halogens is 3. The van der Waals surface area contributed by atoms with Crippen LogP contribution in [0.5, 0.6) is 0 Å². The Morgan fingerprint density at radius 1 is 1.20 bits per heavy atom. The molecule has 0 atom stereocenters. The highest BCUT2D eigenvalue weighted by molar-refractivity contribution is 5.71. The monoisotopic (exact) mass is 284 g/mol. The predicted octanol–water partition coefficient (Wildman–Crippen LogP) is 3.52. The van der Waals surface area contributed by atoms with Crippen LogP contribution in [0.3, 0.4) is 0 Å². The molecule has 0 bridgehead atoms. The van der Waals surface area contributed by atoms with Gasteiger partial charge in [-0.25, -0.2) is 17.9 Å². The van der Waals surface area contributed by atoms with Crippen LogP contribution in [0.25, 0.3) is 0 Å². The van der Waals surface area contributed by atoms with E-state index >= 15 is 0 Å². The number of anilines is 3. The molecule has 0 aliphatic rings. The number of hydrogen-bond donors (Lipinski definition) is 2. The summed E-state index contributed by atoms with van der Waals surface area (Å²) < 4.78 is 41.7. The fourth-order valence-corrected chi connectivity index (χ4v) is 1.84. The van der Waals surface area contributed by atoms with Gasteiger partial charge in [-0.3, -0.25) is 0 Å². The molecule has 2 rings (SSSR count). The van der Waals surface area contributed by atoms with E-state index in [0.29, 0.717) is 23.5 Å². The van der Waals surface area contributed by atoms with Crippen LogP contribution < -0.4 is 11.1 Å². The lowest BCUT2D eigenvalue weighted by atomic mass is 10.2. The van der Waals surface area contributed by atoms with Crippen molar-refractivity contribution in [1.29, 1.82) is 0 Å². The summed E-state index contributed by atoms with van der Waals surface area (Å²) in [4.78, 5) is 0. The molecule has 0 saturated carbocycles. The summed E-state index contributed by atoms with van der Waals surface area (Å²) in [5.74, 6) is -2.76. The number of rotatable bonds is 3. The number of hydrogen-bond acceptors (Lipinski definition) is 3. The van der Waals surface area contributed by atoms with E-state index in [4.69, 9.17) is 5.73 Å². The highest BCUT2D eigenvalue weighted by atomic mass is 19.1. The van der Waals surface area contributed by atoms with Gasteiger partial charge in [0.15, 0.2) is 17.5 Å². The normalized spacial score (nSPS) is 11.2. The summed E-state index contributed by atoms with van der Waals surface area (Å²) in [6, 6.07) is 1.15. The minimum Gasteiger partial charge on any atom is -0.394 e. The van der Waals surface area contributed by atoms with Crippen molar-refractivity contribution in [2.45, 2.75) is 26.8 Å². The fourth-order valence-electron chi connectivity index (χ4n) is 1.84. The zero-order valence-electron chi connectivity index (χ0n) is 11.3. The van der Waals surface area contributed by atoms with E-state index in [9.17, 15) is 13.2 Å². The second-order valence-corrected chi connectivity index (χ2v) is 4.76. The van der Waals surface area contributed by atoms with Gasteiger partial charge >= 0.3 is 0 Å². The Balaban J connectivity index is 2.50. The van der Waals surface area contributed by atoms with Crippen LogP contribution in [0, 0.1) is 24.4 Å². The van der Waals surface area contributed by atoms with Crippen molar-refractivity contribution in [3.8, 4) is 0 Å². The van der Waals surface area contributed by atoms with Gasteiger partial charge in [0.25, 0.3) is 0 Å². The zero-order valence-corrected chi connectivity index (χ0v) is 11.3. The van der Waals surface area contributed by atoms with E-state index in [0.717, 1.165) is 0 Å². The maximum atomic E-state index is 13.7. The third kappa shape index (κ3) is 2.43. The Labute approximate surface area is 114 Å². The van der Waals surface area contributed by atoms with E-state index in [1.54, 1.807) is 6.92 Å². The molecule has 108 valence electrons. The standard InChI is InChI=1S/C13H15F3N4/c1-6(2)20-13(11(17)7(3)19-20)18-12-9(15)4-8(14)5-10(12)16/h4-6,18H,17H2,1-3H3. The second kappa shape index (κ2) is 5.07. The van der Waals surface area contributed by atoms with E-state index in [1.165, 1.54) is 4.68 Å². The largest absolute Gasteiger partial charge is 0.394 e. The topological polar surface area (TPSA) is 55.9 Å². The third-order valence-electron chi connectivity index (χ3n) is 2.87. The lowest BCUT2D eigenvalue weighted by Crippen LogP contribution is -2.10. The molecule has 3 N–H and O–H groups in total. The van der Waals surface area contributed by atoms with Crippen LogP contribution in [-0.2, 0) is 0 Å². The molecule has 2 aromatic rings. The quantitative estimate of drug-likeness (QED) is 0.906. The molecule has 0 radical (unpaired) electrons. The molecular formula is C13H15F3N4. The Morgan fingerprint density at radius 2 is 1.75 bits per heavy atom. The maximum absolute atomic E-state index is 13.7. The van der Waals surface area contributed by atoms with Crippen LogP contribution in [0.15, 0.2) is 12.1 Å². The van der Waals surface area contributed by atoms with Gasteiger partial charge in [0.2, 0.25) is 0 Å². The van der Waals surface area contributed by atoms with Crippen LogP contribution in [0.2, 0.25) is 0 Å². The van der Waals surface area contributed by atoms with Gasteiger partial charge in [-0.15, -0.1) is 0 Å². The first-order valence-corrected chi connectivity index (χ1v) is 6.07. The Hall–Kier alpha value is -2.18. The van der Waals surface area contributed by atoms with Gasteiger partial charge in [0, 0.05) is 18.2 Å². The Bertz CT molecular complexity index is 626. The molecular weight excluding hydrogens is 269 g/mol. The summed E-state index contributed by atoms with van der Waals surface area (Å²) >= 11 is 0. The smallest absolute Gasteiger partial charge is 0.152 e. The number of aryl methyl sites for hydroxylation is 1. The van der Waals surface area contributed by atoms with Crippen molar-refractivity contribution >= 4 is 17.2 Å². The minimum atomic E-state index is -1.03. The van der Waals surface area contributed by atoms with Gasteiger partial charge < -0.3 is 11.1 Å². The molecule has 0 fully saturated rings. The first-order chi connectivity index (χ1) is 9.31. The van der Waals surface area contributed by atoms with E-state index in [1.807, 2.05) is 13.8 Å². The Morgan fingerprint density at radius 3 is 2.25 bits per heavy atom. The van der Waals surface area contributed by atoms with Crippen molar-refractivity contribution in [1.82, 2.24) is 9.78 Å². The van der Waals surface area contributed by atoms with Gasteiger partial charge in [0.1, 0.15) is 11.5 Å². The molecule has 1 aromatic carbocycles. The predicted molar refractivity (Wildman–Crippen MR) is 71.4 cm³/mol. The van der Waals surface area contributed by atoms with Gasteiger partial charge in [-0.1, -0.05) is 0 Å². The average molecular weight is 284 g/mol. The van der Waals surface area contributed by atoms with Crippen LogP contribution in [0.1, 0.15) is 25.6 Å². The number of nitrogens with two attached hydrogens (primary N) is 1. The van der Waals surface area contributed by atoms with Gasteiger partial charge in [0.05, 0.1) is 11.4 Å². The first-order valence-electron chi connectivity index (χ1n) is 6.07. The van der Waals surface area contributed by atoms with E-state index < -0.39 is 23.1 Å². The maximum Gasteiger partial charge on any atom is 0.152 e. The third-order valence-corrected chi connectivity index (χ3v) is 2.87. The van der Waals surface area contributed by atoms with E-state index in [2.05, 4.69) is 10.4 Å². The summed E-state index contributed by atoms with van der Waals surface area (Å²) in [6.07, 6.45) is 0. The number of aromatic nitrogens is 2. The van der Waals surface area contributed by atoms with Crippen LogP contribution in [-0.4, -0.2) is 9.78 Å². The molecule has 0 amide bonds. The van der Waals surface area contributed by atoms with Crippen molar-refractivity contribution in [2.24, 2.45) is 0 Å². The summed E-state index contributed by atoms with van der Waals surface area (Å²) in [7, 11) is 0. The summed E-state index contributed by atoms with van der Waals surface area (Å²) in [5, 5.41) is 6.76. The lowest BCUT2D eigenvalue weighted by molar-refractivity contribution is 0.531. The van der Waals surface area contributed by atoms with Crippen molar-refractivity contribution in [3.05, 3.63) is 35.3 Å². The SMILES string of the molecule is Cc1nn(C(C)C)c(Nc2c(F)cc(F)cc2F)c1N. The zero-order chi connectivity index (χ0) is 15.0. The van der Waals surface area contributed by atoms with Crippen LogP contribution >= 0.6 is 0 Å². The van der Waals surface area contributed by atoms with Gasteiger partial charge in [-0.05, 0) is 20.8 Å². The average Bonchev–Trinajstić information content (AvgIpc) is 2.61. The number of nitrogens with one attached hydrogen (secondary N) is 1. The molecule has 0 spiro atoms. The number of nitrogen functional groups attached to an aromatic ring is 1. The van der Waals surface area contributed by atoms with Crippen LogP contribution in [0.4, 0.5) is 30.4 Å². The number of benzene rings is 1. The molecule has 4 nitrogen and oxygen atoms in total. The fraction of sp³-hybridized carbons (Fsp3) is 0.308. The molecule has 7 heteroatoms. The van der Waals surface area contributed by atoms with Crippen molar-refractivity contribution in [3.63, 3.8) is 0 Å². The second-order valence-electron chi connectivity index (χ2n) is 4.76. The molecule has 1 aromatic heterocycles. The Kier molecular flexibility index (Phi) is 3.61. The minimum absolute atomic E-state index is 0.0555. The highest BCUT2D eigenvalue weighted by Gasteiger charge is 2.19. The summed E-state index contributed by atoms with van der Waals surface area (Å²) in [6.45, 7) is 5.40. The molecule has 0 aliphatic heterocycles. The highest BCUT2D eigenvalue weighted by Crippen LogP contribution is 2.31. The van der Waals surface area contributed by atoms with Crippen molar-refractivity contribution < 1.29 is 13.2 Å². The molecule has 1 heterocycles.